The summed E-state index contributed by atoms with van der Waals surface area (Å²) in [5.41, 5.74) is 6.53. The van der Waals surface area contributed by atoms with Gasteiger partial charge in [0, 0.05) is 19.1 Å². The Labute approximate surface area is 163 Å². The molecular formula is C24H30N2O. The SMILES string of the molecule is CN(CCC=C1c2ccccc2CCc2ccccc21)C(=O)NC(C)(C)C. The molecule has 3 rings (SSSR count). The first kappa shape index (κ1) is 19.2. The van der Waals surface area contributed by atoms with E-state index in [-0.39, 0.29) is 11.6 Å². The van der Waals surface area contributed by atoms with Gasteiger partial charge in [0.15, 0.2) is 0 Å². The number of carbonyl (C=O) groups is 1. The lowest BCUT2D eigenvalue weighted by Gasteiger charge is -2.25. The first-order valence-corrected chi connectivity index (χ1v) is 9.75. The number of nitrogens with one attached hydrogen (secondary N) is 1. The summed E-state index contributed by atoms with van der Waals surface area (Å²) >= 11 is 0. The predicted molar refractivity (Wildman–Crippen MR) is 113 cm³/mol. The maximum absolute atomic E-state index is 12.3. The van der Waals surface area contributed by atoms with E-state index in [0.29, 0.717) is 6.54 Å². The van der Waals surface area contributed by atoms with Crippen LogP contribution in [0.5, 0.6) is 0 Å². The van der Waals surface area contributed by atoms with Crippen LogP contribution in [-0.2, 0) is 12.8 Å². The molecule has 3 nitrogen and oxygen atoms in total. The van der Waals surface area contributed by atoms with Crippen molar-refractivity contribution in [1.29, 1.82) is 0 Å². The van der Waals surface area contributed by atoms with Crippen LogP contribution in [0.15, 0.2) is 54.6 Å². The highest BCUT2D eigenvalue weighted by Gasteiger charge is 2.18. The highest BCUT2D eigenvalue weighted by Crippen LogP contribution is 2.33. The lowest BCUT2D eigenvalue weighted by atomic mass is 9.93. The van der Waals surface area contributed by atoms with E-state index in [4.69, 9.17) is 0 Å². The lowest BCUT2D eigenvalue weighted by molar-refractivity contribution is 0.200. The minimum Gasteiger partial charge on any atom is -0.333 e. The number of aryl methyl sites for hydroxylation is 2. The van der Waals surface area contributed by atoms with Crippen LogP contribution < -0.4 is 5.32 Å². The molecular weight excluding hydrogens is 332 g/mol. The van der Waals surface area contributed by atoms with E-state index in [2.05, 4.69) is 59.9 Å². The molecule has 0 fully saturated rings. The Bertz CT molecular complexity index is 796. The van der Waals surface area contributed by atoms with E-state index in [9.17, 15) is 4.79 Å². The second kappa shape index (κ2) is 7.99. The average molecular weight is 363 g/mol. The molecule has 1 N–H and O–H groups in total. The predicted octanol–water partition coefficient (Wildman–Crippen LogP) is 5.05. The fourth-order valence-electron chi connectivity index (χ4n) is 3.56. The first-order chi connectivity index (χ1) is 12.8. The van der Waals surface area contributed by atoms with Gasteiger partial charge >= 0.3 is 6.03 Å². The Hall–Kier alpha value is -2.55. The van der Waals surface area contributed by atoms with Crippen molar-refractivity contribution in [1.82, 2.24) is 10.2 Å². The third kappa shape index (κ3) is 4.79. The molecule has 0 spiro atoms. The van der Waals surface area contributed by atoms with E-state index < -0.39 is 0 Å². The fourth-order valence-corrected chi connectivity index (χ4v) is 3.56. The lowest BCUT2D eigenvalue weighted by Crippen LogP contribution is -2.47. The van der Waals surface area contributed by atoms with Crippen LogP contribution in [0.3, 0.4) is 0 Å². The Morgan fingerprint density at radius 2 is 1.52 bits per heavy atom. The van der Waals surface area contributed by atoms with Gasteiger partial charge in [0.1, 0.15) is 0 Å². The van der Waals surface area contributed by atoms with Gasteiger partial charge in [-0.05, 0) is 67.9 Å². The van der Waals surface area contributed by atoms with Crippen molar-refractivity contribution in [3.8, 4) is 0 Å². The number of rotatable bonds is 3. The van der Waals surface area contributed by atoms with Gasteiger partial charge < -0.3 is 10.2 Å². The van der Waals surface area contributed by atoms with Crippen molar-refractivity contribution in [3.05, 3.63) is 76.9 Å². The molecule has 142 valence electrons. The normalized spacial score (nSPS) is 13.3. The molecule has 0 atom stereocenters. The van der Waals surface area contributed by atoms with Crippen LogP contribution in [0.4, 0.5) is 4.79 Å². The number of carbonyl (C=O) groups excluding carboxylic acids is 1. The van der Waals surface area contributed by atoms with Gasteiger partial charge in [-0.1, -0.05) is 54.6 Å². The monoisotopic (exact) mass is 362 g/mol. The minimum absolute atomic E-state index is 0.0254. The topological polar surface area (TPSA) is 32.3 Å². The van der Waals surface area contributed by atoms with Crippen molar-refractivity contribution < 1.29 is 4.79 Å². The molecule has 0 unspecified atom stereocenters. The number of urea groups is 1. The molecule has 2 aromatic carbocycles. The zero-order valence-corrected chi connectivity index (χ0v) is 16.9. The smallest absolute Gasteiger partial charge is 0.317 e. The van der Waals surface area contributed by atoms with E-state index in [1.165, 1.54) is 27.8 Å². The van der Waals surface area contributed by atoms with E-state index in [0.717, 1.165) is 19.3 Å². The second-order valence-electron chi connectivity index (χ2n) is 8.32. The van der Waals surface area contributed by atoms with Crippen molar-refractivity contribution in [2.45, 2.75) is 45.6 Å². The summed E-state index contributed by atoms with van der Waals surface area (Å²) in [6, 6.07) is 17.4. The van der Waals surface area contributed by atoms with Gasteiger partial charge in [0.25, 0.3) is 0 Å². The summed E-state index contributed by atoms with van der Waals surface area (Å²) in [6.07, 6.45) is 5.26. The summed E-state index contributed by atoms with van der Waals surface area (Å²) in [5, 5.41) is 3.01. The Kier molecular flexibility index (Phi) is 5.69. The average Bonchev–Trinajstić information content (AvgIpc) is 2.78. The number of amides is 2. The summed E-state index contributed by atoms with van der Waals surface area (Å²) in [7, 11) is 1.86. The third-order valence-electron chi connectivity index (χ3n) is 4.92. The minimum atomic E-state index is -0.219. The quantitative estimate of drug-likeness (QED) is 0.814. The number of fused-ring (bicyclic) bond motifs is 2. The van der Waals surface area contributed by atoms with Crippen LogP contribution in [0, 0.1) is 0 Å². The molecule has 0 bridgehead atoms. The molecule has 0 saturated heterocycles. The molecule has 2 aromatic rings. The Morgan fingerprint density at radius 3 is 2.04 bits per heavy atom. The highest BCUT2D eigenvalue weighted by molar-refractivity contribution is 5.84. The van der Waals surface area contributed by atoms with Crippen molar-refractivity contribution in [3.63, 3.8) is 0 Å². The third-order valence-corrected chi connectivity index (χ3v) is 4.92. The molecule has 27 heavy (non-hydrogen) atoms. The second-order valence-corrected chi connectivity index (χ2v) is 8.32. The fraction of sp³-hybridized carbons (Fsp3) is 0.375. The Balaban J connectivity index is 1.82. The van der Waals surface area contributed by atoms with Crippen LogP contribution >= 0.6 is 0 Å². The van der Waals surface area contributed by atoms with Crippen LogP contribution in [0.25, 0.3) is 5.57 Å². The van der Waals surface area contributed by atoms with Crippen LogP contribution in [0.2, 0.25) is 0 Å². The van der Waals surface area contributed by atoms with E-state index in [1.54, 1.807) is 4.90 Å². The molecule has 3 heteroatoms. The van der Waals surface area contributed by atoms with Crippen LogP contribution in [0.1, 0.15) is 49.4 Å². The Morgan fingerprint density at radius 1 is 1.00 bits per heavy atom. The number of hydrogen-bond acceptors (Lipinski definition) is 1. The van der Waals surface area contributed by atoms with Crippen molar-refractivity contribution >= 4 is 11.6 Å². The molecule has 0 saturated carbocycles. The van der Waals surface area contributed by atoms with Crippen molar-refractivity contribution in [2.24, 2.45) is 0 Å². The maximum Gasteiger partial charge on any atom is 0.317 e. The molecule has 1 aliphatic rings. The standard InChI is InChI=1S/C24H30N2O/c1-24(2,3)25-23(27)26(4)17-9-14-22-20-12-7-5-10-18(20)15-16-19-11-6-8-13-21(19)22/h5-8,10-14H,9,15-17H2,1-4H3,(H,25,27). The number of benzene rings is 2. The molecule has 1 aliphatic carbocycles. The first-order valence-electron chi connectivity index (χ1n) is 9.75. The zero-order chi connectivity index (χ0) is 19.4. The highest BCUT2D eigenvalue weighted by atomic mass is 16.2. The summed E-state index contributed by atoms with van der Waals surface area (Å²) in [5.74, 6) is 0. The van der Waals surface area contributed by atoms with E-state index >= 15 is 0 Å². The molecule has 0 heterocycles. The number of nitrogens with zero attached hydrogens (tertiary/aromatic N) is 1. The molecule has 2 amide bonds. The molecule has 0 aliphatic heterocycles. The van der Waals surface area contributed by atoms with Gasteiger partial charge in [0.05, 0.1) is 0 Å². The van der Waals surface area contributed by atoms with Gasteiger partial charge in [-0.2, -0.15) is 0 Å². The van der Waals surface area contributed by atoms with Gasteiger partial charge in [0.2, 0.25) is 0 Å². The summed E-state index contributed by atoms with van der Waals surface area (Å²) in [4.78, 5) is 14.0. The summed E-state index contributed by atoms with van der Waals surface area (Å²) in [6.45, 7) is 6.69. The number of hydrogen-bond donors (Lipinski definition) is 1. The van der Waals surface area contributed by atoms with Gasteiger partial charge in [-0.25, -0.2) is 4.79 Å². The maximum atomic E-state index is 12.3. The van der Waals surface area contributed by atoms with Gasteiger partial charge in [-0.15, -0.1) is 0 Å². The molecule has 0 aromatic heterocycles. The van der Waals surface area contributed by atoms with Gasteiger partial charge in [-0.3, -0.25) is 0 Å². The van der Waals surface area contributed by atoms with Crippen LogP contribution in [-0.4, -0.2) is 30.1 Å². The summed E-state index contributed by atoms with van der Waals surface area (Å²) < 4.78 is 0. The zero-order valence-electron chi connectivity index (χ0n) is 16.9. The largest absolute Gasteiger partial charge is 0.333 e. The van der Waals surface area contributed by atoms with Crippen molar-refractivity contribution in [2.75, 3.05) is 13.6 Å². The van der Waals surface area contributed by atoms with E-state index in [1.807, 2.05) is 27.8 Å². The molecule has 0 radical (unpaired) electrons.